The number of rotatable bonds is 5. The predicted molar refractivity (Wildman–Crippen MR) is 86.1 cm³/mol. The first-order chi connectivity index (χ1) is 10.0. The highest BCUT2D eigenvalue weighted by Gasteiger charge is 2.18. The van der Waals surface area contributed by atoms with Gasteiger partial charge in [-0.05, 0) is 44.6 Å². The van der Waals surface area contributed by atoms with Crippen molar-refractivity contribution >= 4 is 11.6 Å². The molecule has 1 aromatic rings. The fourth-order valence-corrected chi connectivity index (χ4v) is 2.57. The van der Waals surface area contributed by atoms with Crippen LogP contribution in [0.3, 0.4) is 0 Å². The summed E-state index contributed by atoms with van der Waals surface area (Å²) in [7, 11) is 4.08. The van der Waals surface area contributed by atoms with E-state index < -0.39 is 0 Å². The third-order valence-corrected chi connectivity index (χ3v) is 3.74. The van der Waals surface area contributed by atoms with E-state index in [4.69, 9.17) is 5.73 Å². The predicted octanol–water partition coefficient (Wildman–Crippen LogP) is 1.11. The van der Waals surface area contributed by atoms with Gasteiger partial charge in [0.05, 0.1) is 6.54 Å². The van der Waals surface area contributed by atoms with Crippen molar-refractivity contribution in [3.63, 3.8) is 0 Å². The zero-order valence-corrected chi connectivity index (χ0v) is 13.0. The summed E-state index contributed by atoms with van der Waals surface area (Å²) in [4.78, 5) is 16.3. The number of piperidine rings is 1. The van der Waals surface area contributed by atoms with E-state index in [1.54, 1.807) is 0 Å². The molecule has 1 amide bonds. The summed E-state index contributed by atoms with van der Waals surface area (Å²) in [6, 6.07) is 8.32. The molecule has 5 nitrogen and oxygen atoms in total. The molecule has 0 aromatic heterocycles. The molecule has 116 valence electrons. The summed E-state index contributed by atoms with van der Waals surface area (Å²) >= 11 is 0. The van der Waals surface area contributed by atoms with Gasteiger partial charge in [0.1, 0.15) is 0 Å². The Morgan fingerprint density at radius 1 is 1.29 bits per heavy atom. The largest absolute Gasteiger partial charge is 0.328 e. The van der Waals surface area contributed by atoms with Crippen molar-refractivity contribution < 1.29 is 4.79 Å². The lowest BCUT2D eigenvalue weighted by Crippen LogP contribution is -2.43. The monoisotopic (exact) mass is 290 g/mol. The van der Waals surface area contributed by atoms with Gasteiger partial charge < -0.3 is 16.0 Å². The Morgan fingerprint density at radius 3 is 2.48 bits per heavy atom. The number of amides is 1. The van der Waals surface area contributed by atoms with Crippen molar-refractivity contribution in [2.75, 3.05) is 39.0 Å². The van der Waals surface area contributed by atoms with Crippen LogP contribution in [-0.2, 0) is 11.3 Å². The van der Waals surface area contributed by atoms with E-state index in [1.165, 1.54) is 5.56 Å². The molecule has 0 bridgehead atoms. The van der Waals surface area contributed by atoms with Crippen LogP contribution >= 0.6 is 0 Å². The van der Waals surface area contributed by atoms with Crippen LogP contribution in [0.4, 0.5) is 5.69 Å². The Kier molecular flexibility index (Phi) is 5.73. The lowest BCUT2D eigenvalue weighted by molar-refractivity contribution is -0.117. The van der Waals surface area contributed by atoms with E-state index in [9.17, 15) is 4.79 Å². The zero-order chi connectivity index (χ0) is 15.2. The molecule has 0 spiro atoms. The smallest absolute Gasteiger partial charge is 0.238 e. The summed E-state index contributed by atoms with van der Waals surface area (Å²) in [6.45, 7) is 3.18. The van der Waals surface area contributed by atoms with Crippen LogP contribution in [0.25, 0.3) is 0 Å². The molecule has 0 atom stereocenters. The van der Waals surface area contributed by atoms with Gasteiger partial charge in [0, 0.05) is 31.4 Å². The zero-order valence-electron chi connectivity index (χ0n) is 13.0. The summed E-state index contributed by atoms with van der Waals surface area (Å²) in [5, 5.41) is 2.96. The molecule has 1 aliphatic heterocycles. The Bertz CT molecular complexity index is 450. The quantitative estimate of drug-likeness (QED) is 0.853. The number of likely N-dealkylation sites (tertiary alicyclic amines) is 1. The SMILES string of the molecule is CN(C)Cc1ccc(NC(=O)CN2CCC(N)CC2)cc1. The molecule has 5 heteroatoms. The second kappa shape index (κ2) is 7.54. The molecule has 0 saturated carbocycles. The minimum absolute atomic E-state index is 0.0471. The number of hydrogen-bond donors (Lipinski definition) is 2. The number of hydrogen-bond acceptors (Lipinski definition) is 4. The average Bonchev–Trinajstić information content (AvgIpc) is 2.43. The molecule has 21 heavy (non-hydrogen) atoms. The molecule has 0 unspecified atom stereocenters. The second-order valence-electron chi connectivity index (χ2n) is 6.10. The minimum atomic E-state index is 0.0471. The molecule has 3 N–H and O–H groups in total. The van der Waals surface area contributed by atoms with Crippen molar-refractivity contribution in [2.45, 2.75) is 25.4 Å². The first-order valence-electron chi connectivity index (χ1n) is 7.54. The van der Waals surface area contributed by atoms with Crippen LogP contribution in [0.2, 0.25) is 0 Å². The van der Waals surface area contributed by atoms with Crippen LogP contribution < -0.4 is 11.1 Å². The molecule has 1 aromatic carbocycles. The highest BCUT2D eigenvalue weighted by molar-refractivity contribution is 5.92. The van der Waals surface area contributed by atoms with Gasteiger partial charge in [-0.1, -0.05) is 12.1 Å². The normalized spacial score (nSPS) is 17.1. The van der Waals surface area contributed by atoms with Gasteiger partial charge in [0.25, 0.3) is 0 Å². The number of carbonyl (C=O) groups excluding carboxylic acids is 1. The summed E-state index contributed by atoms with van der Waals surface area (Å²) in [5.41, 5.74) is 7.97. The van der Waals surface area contributed by atoms with Crippen LogP contribution in [0.5, 0.6) is 0 Å². The highest BCUT2D eigenvalue weighted by Crippen LogP contribution is 2.12. The van der Waals surface area contributed by atoms with Crippen molar-refractivity contribution in [1.82, 2.24) is 9.80 Å². The maximum atomic E-state index is 12.0. The third kappa shape index (κ3) is 5.46. The summed E-state index contributed by atoms with van der Waals surface area (Å²) in [5.74, 6) is 0.0471. The standard InChI is InChI=1S/C16H26N4O/c1-19(2)11-13-3-5-15(6-4-13)18-16(21)12-20-9-7-14(17)8-10-20/h3-6,14H,7-12,17H2,1-2H3,(H,18,21). The van der Waals surface area contributed by atoms with E-state index in [0.717, 1.165) is 38.2 Å². The number of nitrogens with two attached hydrogens (primary N) is 1. The maximum Gasteiger partial charge on any atom is 0.238 e. The van der Waals surface area contributed by atoms with Crippen LogP contribution in [0.15, 0.2) is 24.3 Å². The van der Waals surface area contributed by atoms with Gasteiger partial charge in [-0.15, -0.1) is 0 Å². The van der Waals surface area contributed by atoms with Crippen LogP contribution in [-0.4, -0.2) is 55.5 Å². The van der Waals surface area contributed by atoms with Gasteiger partial charge in [-0.3, -0.25) is 9.69 Å². The molecule has 1 aliphatic rings. The Labute approximate surface area is 127 Å². The first-order valence-corrected chi connectivity index (χ1v) is 7.54. The van der Waals surface area contributed by atoms with E-state index in [2.05, 4.69) is 27.2 Å². The molecule has 0 radical (unpaired) electrons. The van der Waals surface area contributed by atoms with Gasteiger partial charge in [-0.2, -0.15) is 0 Å². The average molecular weight is 290 g/mol. The minimum Gasteiger partial charge on any atom is -0.328 e. The first kappa shape index (κ1) is 15.9. The number of nitrogens with zero attached hydrogens (tertiary/aromatic N) is 2. The lowest BCUT2D eigenvalue weighted by Gasteiger charge is -2.29. The fraction of sp³-hybridized carbons (Fsp3) is 0.562. The molecule has 2 rings (SSSR count). The van der Waals surface area contributed by atoms with Gasteiger partial charge >= 0.3 is 0 Å². The number of benzene rings is 1. The Morgan fingerprint density at radius 2 is 1.90 bits per heavy atom. The number of nitrogens with one attached hydrogen (secondary N) is 1. The van der Waals surface area contributed by atoms with E-state index in [1.807, 2.05) is 26.2 Å². The molecule has 1 fully saturated rings. The van der Waals surface area contributed by atoms with Crippen molar-refractivity contribution in [1.29, 1.82) is 0 Å². The third-order valence-electron chi connectivity index (χ3n) is 3.74. The second-order valence-corrected chi connectivity index (χ2v) is 6.10. The molecule has 1 saturated heterocycles. The maximum absolute atomic E-state index is 12.0. The van der Waals surface area contributed by atoms with Crippen molar-refractivity contribution in [3.8, 4) is 0 Å². The molecular weight excluding hydrogens is 264 g/mol. The van der Waals surface area contributed by atoms with Crippen molar-refractivity contribution in [2.24, 2.45) is 5.73 Å². The highest BCUT2D eigenvalue weighted by atomic mass is 16.2. The van der Waals surface area contributed by atoms with Gasteiger partial charge in [0.15, 0.2) is 0 Å². The fourth-order valence-electron chi connectivity index (χ4n) is 2.57. The van der Waals surface area contributed by atoms with Crippen LogP contribution in [0, 0.1) is 0 Å². The number of carbonyl (C=O) groups is 1. The topological polar surface area (TPSA) is 61.6 Å². The van der Waals surface area contributed by atoms with Crippen molar-refractivity contribution in [3.05, 3.63) is 29.8 Å². The Balaban J connectivity index is 1.79. The molecule has 0 aliphatic carbocycles. The van der Waals surface area contributed by atoms with Crippen LogP contribution in [0.1, 0.15) is 18.4 Å². The number of anilines is 1. The van der Waals surface area contributed by atoms with E-state index in [-0.39, 0.29) is 5.91 Å². The van der Waals surface area contributed by atoms with Gasteiger partial charge in [-0.25, -0.2) is 0 Å². The Hall–Kier alpha value is -1.43. The summed E-state index contributed by atoms with van der Waals surface area (Å²) < 4.78 is 0. The lowest BCUT2D eigenvalue weighted by atomic mass is 10.1. The molecular formula is C16H26N4O. The van der Waals surface area contributed by atoms with E-state index >= 15 is 0 Å². The molecule has 1 heterocycles. The van der Waals surface area contributed by atoms with Gasteiger partial charge in [0.2, 0.25) is 5.91 Å². The summed E-state index contributed by atoms with van der Waals surface area (Å²) in [6.07, 6.45) is 1.96. The van der Waals surface area contributed by atoms with E-state index in [0.29, 0.717) is 12.6 Å².